The summed E-state index contributed by atoms with van der Waals surface area (Å²) in [5.74, 6) is 0.475. The number of anilines is 2. The lowest BCUT2D eigenvalue weighted by Crippen LogP contribution is -2.23. The van der Waals surface area contributed by atoms with Crippen molar-refractivity contribution in [3.63, 3.8) is 0 Å². The average molecular weight is 817 g/mol. The third kappa shape index (κ3) is 7.96. The molecule has 0 aliphatic heterocycles. The van der Waals surface area contributed by atoms with Gasteiger partial charge in [-0.2, -0.15) is 10.2 Å². The SMILES string of the molecule is CCN(CC)Cc1cccc(NC(=O)c2[nH]nc3ncc(Br)cc23)c1N.CCN(CC)Cc1cccc2[nH]c(-c3[nH]nc4ncc(Br)cc34)nc12. The van der Waals surface area contributed by atoms with E-state index < -0.39 is 0 Å². The fourth-order valence-corrected chi connectivity index (χ4v) is 6.52. The van der Waals surface area contributed by atoms with E-state index in [-0.39, 0.29) is 5.91 Å². The first kappa shape index (κ1) is 36.1. The van der Waals surface area contributed by atoms with Crippen LogP contribution in [0.15, 0.2) is 69.9 Å². The lowest BCUT2D eigenvalue weighted by molar-refractivity contribution is 0.102. The lowest BCUT2D eigenvalue weighted by Gasteiger charge is -2.20. The van der Waals surface area contributed by atoms with E-state index in [1.807, 2.05) is 18.2 Å². The van der Waals surface area contributed by atoms with Crippen molar-refractivity contribution in [1.29, 1.82) is 0 Å². The number of rotatable bonds is 11. The summed E-state index contributed by atoms with van der Waals surface area (Å²) in [4.78, 5) is 34.1. The average Bonchev–Trinajstić information content (AvgIpc) is 3.88. The van der Waals surface area contributed by atoms with Gasteiger partial charge < -0.3 is 16.0 Å². The second-order valence-electron chi connectivity index (χ2n) is 11.9. The summed E-state index contributed by atoms with van der Waals surface area (Å²) in [5, 5.41) is 18.6. The first-order valence-corrected chi connectivity index (χ1v) is 18.4. The molecule has 0 unspecified atom stereocenters. The third-order valence-electron chi connectivity index (χ3n) is 8.83. The maximum atomic E-state index is 12.7. The topological polar surface area (TPSA) is 173 Å². The normalized spacial score (nSPS) is 11.5. The summed E-state index contributed by atoms with van der Waals surface area (Å²) in [5.41, 5.74) is 14.1. The smallest absolute Gasteiger partial charge is 0.274 e. The molecule has 0 saturated carbocycles. The Kier molecular flexibility index (Phi) is 11.4. The van der Waals surface area contributed by atoms with Crippen molar-refractivity contribution >= 4 is 82.2 Å². The Labute approximate surface area is 312 Å². The van der Waals surface area contributed by atoms with Gasteiger partial charge in [0.05, 0.1) is 33.2 Å². The molecular formula is C36H40Br2N12O. The van der Waals surface area contributed by atoms with Gasteiger partial charge in [0.15, 0.2) is 17.1 Å². The summed E-state index contributed by atoms with van der Waals surface area (Å²) in [6.07, 6.45) is 3.38. The molecular weight excluding hydrogens is 776 g/mol. The molecule has 264 valence electrons. The van der Waals surface area contributed by atoms with Gasteiger partial charge in [0.25, 0.3) is 5.91 Å². The molecule has 0 saturated heterocycles. The molecule has 0 fully saturated rings. The molecule has 0 aliphatic carbocycles. The monoisotopic (exact) mass is 814 g/mol. The molecule has 7 aromatic rings. The van der Waals surface area contributed by atoms with E-state index >= 15 is 0 Å². The number of nitrogen functional groups attached to an aromatic ring is 1. The zero-order valence-electron chi connectivity index (χ0n) is 28.9. The van der Waals surface area contributed by atoms with Crippen LogP contribution in [0.25, 0.3) is 44.6 Å². The second-order valence-corrected chi connectivity index (χ2v) is 13.7. The Morgan fingerprint density at radius 3 is 2.08 bits per heavy atom. The first-order valence-electron chi connectivity index (χ1n) is 16.8. The summed E-state index contributed by atoms with van der Waals surface area (Å²) in [6, 6.07) is 15.8. The molecule has 7 rings (SSSR count). The van der Waals surface area contributed by atoms with Gasteiger partial charge >= 0.3 is 0 Å². The molecule has 51 heavy (non-hydrogen) atoms. The zero-order valence-corrected chi connectivity index (χ0v) is 32.1. The molecule has 6 N–H and O–H groups in total. The standard InChI is InChI=1S/C18H21BrN6O.C18H19BrN6/c1-3-25(4-2)10-11-6-5-7-14(15(11)20)22-18(26)16-13-8-12(19)9-21-17(13)24-23-16;1-3-25(4-2)10-11-6-5-7-14-15(11)22-18(21-14)16-13-8-12(19)9-20-17(13)24-23-16/h5-9H,3-4,10,20H2,1-2H3,(H,22,26)(H,21,23,24);5-9H,3-4,10H2,1-2H3,(H,21,22)(H,20,23,24). The number of benzene rings is 2. The van der Waals surface area contributed by atoms with Gasteiger partial charge in [-0.3, -0.25) is 24.8 Å². The van der Waals surface area contributed by atoms with Crippen LogP contribution in [0, 0.1) is 0 Å². The molecule has 13 nitrogen and oxygen atoms in total. The van der Waals surface area contributed by atoms with Crippen molar-refractivity contribution in [3.8, 4) is 11.5 Å². The number of halogens is 2. The van der Waals surface area contributed by atoms with Crippen molar-refractivity contribution in [1.82, 2.24) is 50.1 Å². The quantitative estimate of drug-likeness (QED) is 0.0829. The predicted molar refractivity (Wildman–Crippen MR) is 210 cm³/mol. The minimum absolute atomic E-state index is 0.306. The lowest BCUT2D eigenvalue weighted by atomic mass is 10.1. The van der Waals surface area contributed by atoms with Gasteiger partial charge in [-0.25, -0.2) is 15.0 Å². The number of amides is 1. The van der Waals surface area contributed by atoms with Crippen LogP contribution in [-0.4, -0.2) is 82.2 Å². The van der Waals surface area contributed by atoms with Crippen LogP contribution in [0.3, 0.4) is 0 Å². The van der Waals surface area contributed by atoms with Gasteiger partial charge in [-0.05, 0) is 93.4 Å². The highest BCUT2D eigenvalue weighted by atomic mass is 79.9. The fraction of sp³-hybridized carbons (Fsp3) is 0.278. The number of hydrogen-bond acceptors (Lipinski definition) is 9. The number of aromatic amines is 3. The highest BCUT2D eigenvalue weighted by Crippen LogP contribution is 2.29. The minimum Gasteiger partial charge on any atom is -0.397 e. The van der Waals surface area contributed by atoms with E-state index in [9.17, 15) is 4.79 Å². The Bertz CT molecular complexity index is 2290. The second kappa shape index (κ2) is 16.1. The summed E-state index contributed by atoms with van der Waals surface area (Å²) >= 11 is 6.84. The summed E-state index contributed by atoms with van der Waals surface area (Å²) in [6.45, 7) is 14.1. The molecule has 0 atom stereocenters. The third-order valence-corrected chi connectivity index (χ3v) is 9.70. The maximum Gasteiger partial charge on any atom is 0.274 e. The number of para-hydroxylation sites is 2. The van der Waals surface area contributed by atoms with Crippen LogP contribution in [0.4, 0.5) is 11.4 Å². The van der Waals surface area contributed by atoms with Gasteiger partial charge in [-0.1, -0.05) is 52.0 Å². The van der Waals surface area contributed by atoms with Crippen molar-refractivity contribution in [2.24, 2.45) is 0 Å². The van der Waals surface area contributed by atoms with E-state index in [2.05, 4.69) is 128 Å². The predicted octanol–water partition coefficient (Wildman–Crippen LogP) is 7.50. The van der Waals surface area contributed by atoms with Gasteiger partial charge in [0, 0.05) is 34.4 Å². The van der Waals surface area contributed by atoms with Crippen LogP contribution < -0.4 is 11.1 Å². The molecule has 5 heterocycles. The van der Waals surface area contributed by atoms with Crippen LogP contribution in [-0.2, 0) is 13.1 Å². The number of imidazole rings is 1. The number of H-pyrrole nitrogens is 3. The number of nitrogens with one attached hydrogen (secondary N) is 4. The van der Waals surface area contributed by atoms with Crippen LogP contribution in [0.5, 0.6) is 0 Å². The largest absolute Gasteiger partial charge is 0.397 e. The Morgan fingerprint density at radius 1 is 0.804 bits per heavy atom. The summed E-state index contributed by atoms with van der Waals surface area (Å²) in [7, 11) is 0. The number of pyridine rings is 2. The number of hydrogen-bond donors (Lipinski definition) is 5. The summed E-state index contributed by atoms with van der Waals surface area (Å²) < 4.78 is 1.70. The number of carbonyl (C=O) groups excluding carboxylic acids is 1. The van der Waals surface area contributed by atoms with E-state index in [0.717, 1.165) is 81.7 Å². The molecule has 1 amide bonds. The zero-order chi connectivity index (χ0) is 36.1. The Hall–Kier alpha value is -4.70. The number of carbonyl (C=O) groups is 1. The van der Waals surface area contributed by atoms with E-state index in [0.29, 0.717) is 33.7 Å². The Balaban J connectivity index is 0.000000176. The Morgan fingerprint density at radius 2 is 1.39 bits per heavy atom. The van der Waals surface area contributed by atoms with Crippen molar-refractivity contribution in [2.75, 3.05) is 37.2 Å². The molecule has 0 spiro atoms. The highest BCUT2D eigenvalue weighted by Gasteiger charge is 2.18. The van der Waals surface area contributed by atoms with E-state index in [1.54, 1.807) is 24.5 Å². The molecule has 0 aliphatic rings. The highest BCUT2D eigenvalue weighted by molar-refractivity contribution is 9.10. The number of fused-ring (bicyclic) bond motifs is 3. The maximum absolute atomic E-state index is 12.7. The van der Waals surface area contributed by atoms with Crippen LogP contribution in [0.1, 0.15) is 49.3 Å². The molecule has 2 aromatic carbocycles. The van der Waals surface area contributed by atoms with Crippen molar-refractivity contribution < 1.29 is 4.79 Å². The first-order chi connectivity index (χ1) is 24.7. The van der Waals surface area contributed by atoms with Gasteiger partial charge in [0.1, 0.15) is 11.4 Å². The van der Waals surface area contributed by atoms with E-state index in [1.165, 1.54) is 5.56 Å². The molecule has 15 heteroatoms. The fourth-order valence-electron chi connectivity index (χ4n) is 5.86. The number of nitrogens with zero attached hydrogens (tertiary/aromatic N) is 7. The van der Waals surface area contributed by atoms with Crippen molar-refractivity contribution in [3.05, 3.63) is 86.7 Å². The molecule has 5 aromatic heterocycles. The van der Waals surface area contributed by atoms with Crippen LogP contribution >= 0.6 is 31.9 Å². The van der Waals surface area contributed by atoms with Crippen molar-refractivity contribution in [2.45, 2.75) is 40.8 Å². The molecule has 0 radical (unpaired) electrons. The minimum atomic E-state index is -0.306. The van der Waals surface area contributed by atoms with Crippen LogP contribution in [0.2, 0.25) is 0 Å². The number of nitrogens with two attached hydrogens (primary N) is 1. The number of aromatic nitrogens is 8. The molecule has 0 bridgehead atoms. The van der Waals surface area contributed by atoms with Gasteiger partial charge in [0.2, 0.25) is 0 Å². The van der Waals surface area contributed by atoms with E-state index in [4.69, 9.17) is 10.7 Å². The van der Waals surface area contributed by atoms with Gasteiger partial charge in [-0.15, -0.1) is 0 Å².